The molecule has 34 heavy (non-hydrogen) atoms. The smallest absolute Gasteiger partial charge is 0.191 e. The first-order chi connectivity index (χ1) is 16.5. The predicted molar refractivity (Wildman–Crippen MR) is 121 cm³/mol. The fourth-order valence-electron chi connectivity index (χ4n) is 3.54. The minimum Gasteiger partial charge on any atom is -0.394 e. The fourth-order valence-corrected chi connectivity index (χ4v) is 3.54. The van der Waals surface area contributed by atoms with Crippen LogP contribution in [0.3, 0.4) is 0 Å². The van der Waals surface area contributed by atoms with Crippen LogP contribution in [0.4, 0.5) is 0 Å². The summed E-state index contributed by atoms with van der Waals surface area (Å²) in [4.78, 5) is 0. The van der Waals surface area contributed by atoms with Gasteiger partial charge in [-0.25, -0.2) is 4.68 Å². The normalized spacial score (nSPS) is 25.9. The van der Waals surface area contributed by atoms with Crippen LogP contribution in [-0.4, -0.2) is 66.8 Å². The minimum atomic E-state index is -2.22. The summed E-state index contributed by atoms with van der Waals surface area (Å²) < 4.78 is 7.12. The van der Waals surface area contributed by atoms with Crippen molar-refractivity contribution in [3.05, 3.63) is 83.7 Å². The molecule has 1 aliphatic rings. The molecule has 1 aromatic heterocycles. The van der Waals surface area contributed by atoms with Crippen LogP contribution in [0.5, 0.6) is 0 Å². The van der Waals surface area contributed by atoms with Gasteiger partial charge in [-0.15, -0.1) is 0 Å². The second kappa shape index (κ2) is 9.91. The maximum atomic E-state index is 11.2. The van der Waals surface area contributed by atoms with Crippen molar-refractivity contribution in [3.8, 4) is 35.4 Å². The first-order valence-corrected chi connectivity index (χ1v) is 10.4. The fraction of sp³-hybridized carbons (Fsp3) is 0.231. The Morgan fingerprint density at radius 2 is 1.76 bits per heavy atom. The van der Waals surface area contributed by atoms with E-state index in [9.17, 15) is 25.7 Å². The zero-order valence-corrected chi connectivity index (χ0v) is 17.9. The number of nitriles is 1. The van der Waals surface area contributed by atoms with Crippen LogP contribution in [0.15, 0.2) is 67.0 Å². The SMILES string of the molecule is N#Cc1ccccc1-n1cc(C#C[C@H]2O[C@H](CO)[C@@H](O)[C@H](O)[C@@]2(O)C#Cc2ccccc2)cn1. The van der Waals surface area contributed by atoms with E-state index in [1.165, 1.54) is 10.9 Å². The highest BCUT2D eigenvalue weighted by Crippen LogP contribution is 2.30. The van der Waals surface area contributed by atoms with Gasteiger partial charge in [-0.1, -0.05) is 54.0 Å². The van der Waals surface area contributed by atoms with E-state index >= 15 is 0 Å². The lowest BCUT2D eigenvalue weighted by Gasteiger charge is -2.43. The quantitative estimate of drug-likeness (QED) is 0.410. The highest BCUT2D eigenvalue weighted by Gasteiger charge is 2.53. The molecule has 3 aromatic rings. The molecule has 8 heteroatoms. The number of ether oxygens (including phenoxy) is 1. The Morgan fingerprint density at radius 1 is 1.03 bits per heavy atom. The molecule has 1 aliphatic heterocycles. The number of hydrogen-bond donors (Lipinski definition) is 4. The van der Waals surface area contributed by atoms with Crippen LogP contribution in [0.2, 0.25) is 0 Å². The molecular weight excluding hydrogens is 434 g/mol. The van der Waals surface area contributed by atoms with Crippen molar-refractivity contribution < 1.29 is 25.2 Å². The summed E-state index contributed by atoms with van der Waals surface area (Å²) in [6, 6.07) is 17.9. The third kappa shape index (κ3) is 4.57. The van der Waals surface area contributed by atoms with E-state index in [0.29, 0.717) is 22.4 Å². The highest BCUT2D eigenvalue weighted by atomic mass is 16.5. The molecule has 5 atom stereocenters. The molecular formula is C26H21N3O5. The lowest BCUT2D eigenvalue weighted by molar-refractivity contribution is -0.239. The maximum absolute atomic E-state index is 11.2. The zero-order valence-electron chi connectivity index (χ0n) is 17.9. The van der Waals surface area contributed by atoms with E-state index in [0.717, 1.165) is 0 Å². The second-order valence-corrected chi connectivity index (χ2v) is 7.69. The van der Waals surface area contributed by atoms with E-state index in [-0.39, 0.29) is 0 Å². The molecule has 1 fully saturated rings. The van der Waals surface area contributed by atoms with Crippen molar-refractivity contribution in [1.82, 2.24) is 9.78 Å². The van der Waals surface area contributed by atoms with Gasteiger partial charge in [0.2, 0.25) is 0 Å². The molecule has 8 nitrogen and oxygen atoms in total. The van der Waals surface area contributed by atoms with E-state index in [1.54, 1.807) is 54.7 Å². The Bertz CT molecular complexity index is 1330. The number of aliphatic hydroxyl groups excluding tert-OH is 3. The third-order valence-corrected chi connectivity index (χ3v) is 5.43. The number of hydrogen-bond acceptors (Lipinski definition) is 7. The zero-order chi connectivity index (χ0) is 24.1. The summed E-state index contributed by atoms with van der Waals surface area (Å²) in [6.45, 7) is -0.582. The van der Waals surface area contributed by atoms with Crippen molar-refractivity contribution in [2.45, 2.75) is 30.0 Å². The van der Waals surface area contributed by atoms with Crippen LogP contribution in [0, 0.1) is 35.0 Å². The summed E-state index contributed by atoms with van der Waals surface area (Å²) in [5.74, 6) is 11.0. The molecule has 4 N–H and O–H groups in total. The Labute approximate surface area is 196 Å². The lowest BCUT2D eigenvalue weighted by atomic mass is 9.82. The molecule has 4 rings (SSSR count). The van der Waals surface area contributed by atoms with Crippen molar-refractivity contribution in [2.75, 3.05) is 6.61 Å². The molecule has 170 valence electrons. The predicted octanol–water partition coefficient (Wildman–Crippen LogP) is 0.360. The highest BCUT2D eigenvalue weighted by molar-refractivity contribution is 5.49. The van der Waals surface area contributed by atoms with E-state index in [1.807, 2.05) is 6.07 Å². The first-order valence-electron chi connectivity index (χ1n) is 10.4. The Morgan fingerprint density at radius 3 is 2.50 bits per heavy atom. The monoisotopic (exact) mass is 455 g/mol. The van der Waals surface area contributed by atoms with Gasteiger partial charge >= 0.3 is 0 Å². The molecule has 1 saturated heterocycles. The molecule has 0 bridgehead atoms. The van der Waals surface area contributed by atoms with Crippen molar-refractivity contribution >= 4 is 0 Å². The van der Waals surface area contributed by atoms with Gasteiger partial charge in [-0.05, 0) is 24.3 Å². The maximum Gasteiger partial charge on any atom is 0.191 e. The third-order valence-electron chi connectivity index (χ3n) is 5.43. The summed E-state index contributed by atoms with van der Waals surface area (Å²) in [6.07, 6.45) is -2.71. The van der Waals surface area contributed by atoms with Crippen LogP contribution >= 0.6 is 0 Å². The summed E-state index contributed by atoms with van der Waals surface area (Å²) in [5.41, 5.74) is -0.163. The van der Waals surface area contributed by atoms with E-state index < -0.39 is 36.6 Å². The summed E-state index contributed by atoms with van der Waals surface area (Å²) in [5, 5.41) is 55.2. The van der Waals surface area contributed by atoms with Crippen LogP contribution in [-0.2, 0) is 4.74 Å². The van der Waals surface area contributed by atoms with Gasteiger partial charge in [0.05, 0.1) is 29.6 Å². The van der Waals surface area contributed by atoms with Crippen molar-refractivity contribution in [2.24, 2.45) is 0 Å². The van der Waals surface area contributed by atoms with Gasteiger partial charge in [0.15, 0.2) is 11.7 Å². The largest absolute Gasteiger partial charge is 0.394 e. The van der Waals surface area contributed by atoms with E-state index in [2.05, 4.69) is 34.8 Å². The topological polar surface area (TPSA) is 132 Å². The molecule has 0 unspecified atom stereocenters. The van der Waals surface area contributed by atoms with Crippen molar-refractivity contribution in [1.29, 1.82) is 5.26 Å². The Balaban J connectivity index is 1.67. The van der Waals surface area contributed by atoms with Gasteiger partial charge in [0.25, 0.3) is 0 Å². The molecule has 2 heterocycles. The molecule has 0 spiro atoms. The molecule has 0 aliphatic carbocycles. The number of para-hydroxylation sites is 1. The lowest BCUT2D eigenvalue weighted by Crippen LogP contribution is -2.65. The summed E-state index contributed by atoms with van der Waals surface area (Å²) in [7, 11) is 0. The number of aliphatic hydroxyl groups is 4. The molecule has 0 saturated carbocycles. The van der Waals surface area contributed by atoms with E-state index in [4.69, 9.17) is 4.74 Å². The summed E-state index contributed by atoms with van der Waals surface area (Å²) >= 11 is 0. The molecule has 2 aromatic carbocycles. The average Bonchev–Trinajstić information content (AvgIpc) is 3.35. The van der Waals surface area contributed by atoms with Gasteiger partial charge in [-0.3, -0.25) is 0 Å². The number of benzene rings is 2. The van der Waals surface area contributed by atoms with Gasteiger partial charge < -0.3 is 25.2 Å². The van der Waals surface area contributed by atoms with Crippen LogP contribution in [0.25, 0.3) is 5.69 Å². The van der Waals surface area contributed by atoms with Crippen LogP contribution < -0.4 is 0 Å². The van der Waals surface area contributed by atoms with Gasteiger partial charge in [-0.2, -0.15) is 10.4 Å². The average molecular weight is 455 g/mol. The van der Waals surface area contributed by atoms with Gasteiger partial charge in [0.1, 0.15) is 24.4 Å². The number of rotatable bonds is 2. The second-order valence-electron chi connectivity index (χ2n) is 7.69. The standard InChI is InChI=1S/C26H21N3O5/c27-14-20-8-4-5-9-21(20)29-16-19(15-28-29)10-11-23-26(33,13-12-18-6-2-1-3-7-18)25(32)24(31)22(17-30)34-23/h1-9,15-16,22-25,30-33H,17H2/t22-,23-,24-,25+,26-/m1/s1. The Kier molecular flexibility index (Phi) is 6.77. The van der Waals surface area contributed by atoms with Gasteiger partial charge in [0, 0.05) is 11.8 Å². The first kappa shape index (κ1) is 23.2. The molecule has 0 radical (unpaired) electrons. The Hall–Kier alpha value is -3.94. The number of nitrogens with zero attached hydrogens (tertiary/aromatic N) is 3. The number of aromatic nitrogens is 2. The molecule has 0 amide bonds. The minimum absolute atomic E-state index is 0.439. The van der Waals surface area contributed by atoms with Crippen molar-refractivity contribution in [3.63, 3.8) is 0 Å². The van der Waals surface area contributed by atoms with Crippen LogP contribution in [0.1, 0.15) is 16.7 Å².